The summed E-state index contributed by atoms with van der Waals surface area (Å²) < 4.78 is 60.1. The maximum Gasteiger partial charge on any atom is 0.414 e. The minimum Gasteiger partial charge on any atom is -0.318 e. The van der Waals surface area contributed by atoms with E-state index < -0.39 is 18.0 Å². The average molecular weight is 162 g/mol. The van der Waals surface area contributed by atoms with E-state index in [4.69, 9.17) is 0 Å². The predicted molar refractivity (Wildman–Crippen MR) is 22.3 cm³/mol. The maximum absolute atomic E-state index is 11.7. The summed E-state index contributed by atoms with van der Waals surface area (Å²) >= 11 is 0. The molecule has 0 N–H and O–H groups in total. The molecule has 0 bridgehead atoms. The second kappa shape index (κ2) is 2.96. The van der Waals surface area contributed by atoms with Gasteiger partial charge in [0.05, 0.1) is 0 Å². The van der Waals surface area contributed by atoms with Crippen LogP contribution < -0.4 is 0 Å². The quantitative estimate of drug-likeness (QED) is 0.566. The van der Waals surface area contributed by atoms with Crippen LogP contribution in [0, 0.1) is 0 Å². The Morgan fingerprint density at radius 2 is 1.60 bits per heavy atom. The van der Waals surface area contributed by atoms with E-state index in [1.807, 2.05) is 0 Å². The number of alkyl halides is 2. The van der Waals surface area contributed by atoms with Crippen LogP contribution in [-0.4, -0.2) is 13.2 Å². The first kappa shape index (κ1) is 9.35. The number of halogens is 5. The molecule has 6 heteroatoms. The first-order chi connectivity index (χ1) is 4.41. The summed E-state index contributed by atoms with van der Waals surface area (Å²) in [7, 11) is 0.419. The summed E-state index contributed by atoms with van der Waals surface area (Å²) in [6.07, 6.45) is -7.59. The van der Waals surface area contributed by atoms with Crippen molar-refractivity contribution in [3.8, 4) is 0 Å². The molecule has 0 spiro atoms. The van der Waals surface area contributed by atoms with E-state index in [0.717, 1.165) is 0 Å². The van der Waals surface area contributed by atoms with Gasteiger partial charge < -0.3 is 4.74 Å². The summed E-state index contributed by atoms with van der Waals surface area (Å²) in [6, 6.07) is 0. The lowest BCUT2D eigenvalue weighted by atomic mass is 10.5. The van der Waals surface area contributed by atoms with Gasteiger partial charge in [-0.3, -0.25) is 0 Å². The Kier molecular flexibility index (Phi) is 2.77. The zero-order valence-corrected chi connectivity index (χ0v) is 4.80. The van der Waals surface area contributed by atoms with Crippen molar-refractivity contribution in [2.24, 2.45) is 0 Å². The Bertz CT molecular complexity index is 148. The average Bonchev–Trinajstić information content (AvgIpc) is 1.86. The molecule has 0 aliphatic rings. The number of hydrogen-bond acceptors (Lipinski definition) is 1. The van der Waals surface area contributed by atoms with Gasteiger partial charge in [0.2, 0.25) is 0 Å². The van der Waals surface area contributed by atoms with Gasteiger partial charge in [0, 0.05) is 7.11 Å². The SMILES string of the molecule is COC(F)(F)C(F)=C(F)F. The normalized spacial score (nSPS) is 11.4. The van der Waals surface area contributed by atoms with Gasteiger partial charge in [0.1, 0.15) is 0 Å². The fraction of sp³-hybridized carbons (Fsp3) is 0.500. The van der Waals surface area contributed by atoms with E-state index in [1.165, 1.54) is 0 Å². The predicted octanol–water partition coefficient (Wildman–Crippen LogP) is 2.30. The van der Waals surface area contributed by atoms with Crippen LogP contribution in [0.5, 0.6) is 0 Å². The van der Waals surface area contributed by atoms with E-state index in [0.29, 0.717) is 7.11 Å². The fourth-order valence-corrected chi connectivity index (χ4v) is 0.200. The molecule has 0 heterocycles. The van der Waals surface area contributed by atoms with Crippen LogP contribution >= 0.6 is 0 Å². The van der Waals surface area contributed by atoms with Crippen molar-refractivity contribution in [3.63, 3.8) is 0 Å². The molecule has 10 heavy (non-hydrogen) atoms. The van der Waals surface area contributed by atoms with Gasteiger partial charge in [-0.25, -0.2) is 0 Å². The van der Waals surface area contributed by atoms with E-state index in [-0.39, 0.29) is 0 Å². The first-order valence-corrected chi connectivity index (χ1v) is 2.06. The van der Waals surface area contributed by atoms with Crippen LogP contribution in [0.4, 0.5) is 22.0 Å². The Labute approximate surface area is 53.1 Å². The highest BCUT2D eigenvalue weighted by molar-refractivity contribution is 4.99. The first-order valence-electron chi connectivity index (χ1n) is 2.06. The number of ether oxygens (including phenoxy) is 1. The monoisotopic (exact) mass is 162 g/mol. The molecule has 0 aromatic carbocycles. The smallest absolute Gasteiger partial charge is 0.318 e. The Morgan fingerprint density at radius 3 is 1.70 bits per heavy atom. The highest BCUT2D eigenvalue weighted by Crippen LogP contribution is 2.29. The van der Waals surface area contributed by atoms with Crippen molar-refractivity contribution < 1.29 is 26.7 Å². The molecule has 0 aromatic rings. The molecule has 0 saturated heterocycles. The number of hydrogen-bond donors (Lipinski definition) is 0. The fourth-order valence-electron chi connectivity index (χ4n) is 0.200. The van der Waals surface area contributed by atoms with Crippen LogP contribution in [-0.2, 0) is 4.74 Å². The zero-order chi connectivity index (χ0) is 8.36. The minimum atomic E-state index is -4.52. The van der Waals surface area contributed by atoms with Gasteiger partial charge in [0.15, 0.2) is 0 Å². The molecule has 60 valence electrons. The molecule has 0 amide bonds. The van der Waals surface area contributed by atoms with Gasteiger partial charge in [-0.2, -0.15) is 22.0 Å². The van der Waals surface area contributed by atoms with E-state index >= 15 is 0 Å². The molecule has 1 nitrogen and oxygen atoms in total. The lowest BCUT2D eigenvalue weighted by Crippen LogP contribution is -2.19. The molecule has 0 aliphatic heterocycles. The molecule has 0 unspecified atom stereocenters. The second-order valence-corrected chi connectivity index (χ2v) is 1.30. The lowest BCUT2D eigenvalue weighted by molar-refractivity contribution is -0.205. The van der Waals surface area contributed by atoms with Crippen molar-refractivity contribution in [2.75, 3.05) is 7.11 Å². The molecule has 0 radical (unpaired) electrons. The standard InChI is InChI=1S/C4H3F5O/c1-10-4(8,9)2(5)3(6)7/h1H3. The molecular formula is C4H3F5O. The van der Waals surface area contributed by atoms with Crippen LogP contribution in [0.25, 0.3) is 0 Å². The highest BCUT2D eigenvalue weighted by Gasteiger charge is 2.39. The molecule has 0 saturated carbocycles. The van der Waals surface area contributed by atoms with Crippen LogP contribution in [0.2, 0.25) is 0 Å². The van der Waals surface area contributed by atoms with Crippen LogP contribution in [0.3, 0.4) is 0 Å². The van der Waals surface area contributed by atoms with Crippen molar-refractivity contribution in [1.82, 2.24) is 0 Å². The van der Waals surface area contributed by atoms with Gasteiger partial charge in [-0.15, -0.1) is 0 Å². The summed E-state index contributed by atoms with van der Waals surface area (Å²) in [6.45, 7) is 0. The summed E-state index contributed by atoms with van der Waals surface area (Å²) in [5.74, 6) is -2.85. The minimum absolute atomic E-state index is 0.419. The van der Waals surface area contributed by atoms with Gasteiger partial charge in [0.25, 0.3) is 5.83 Å². The summed E-state index contributed by atoms with van der Waals surface area (Å²) in [5, 5.41) is 0. The van der Waals surface area contributed by atoms with E-state index in [1.54, 1.807) is 0 Å². The Balaban J connectivity index is 4.49. The Morgan fingerprint density at radius 1 is 1.20 bits per heavy atom. The lowest BCUT2D eigenvalue weighted by Gasteiger charge is -2.09. The Hall–Kier alpha value is -0.650. The van der Waals surface area contributed by atoms with Crippen molar-refractivity contribution in [2.45, 2.75) is 6.11 Å². The molecular weight excluding hydrogens is 159 g/mol. The third-order valence-corrected chi connectivity index (χ3v) is 0.678. The topological polar surface area (TPSA) is 9.23 Å². The van der Waals surface area contributed by atoms with E-state index in [2.05, 4.69) is 4.74 Å². The molecule has 0 aromatic heterocycles. The third kappa shape index (κ3) is 1.94. The largest absolute Gasteiger partial charge is 0.414 e. The molecule has 0 rings (SSSR count). The third-order valence-electron chi connectivity index (χ3n) is 0.678. The number of methoxy groups -OCH3 is 1. The van der Waals surface area contributed by atoms with Crippen LogP contribution in [0.1, 0.15) is 0 Å². The maximum atomic E-state index is 11.7. The van der Waals surface area contributed by atoms with Gasteiger partial charge in [-0.05, 0) is 0 Å². The second-order valence-electron chi connectivity index (χ2n) is 1.30. The van der Waals surface area contributed by atoms with Crippen molar-refractivity contribution >= 4 is 0 Å². The number of rotatable bonds is 2. The molecule has 0 atom stereocenters. The van der Waals surface area contributed by atoms with Crippen molar-refractivity contribution in [3.05, 3.63) is 11.9 Å². The highest BCUT2D eigenvalue weighted by atomic mass is 19.3. The van der Waals surface area contributed by atoms with Crippen molar-refractivity contribution in [1.29, 1.82) is 0 Å². The molecule has 0 aliphatic carbocycles. The molecule has 0 fully saturated rings. The summed E-state index contributed by atoms with van der Waals surface area (Å²) in [4.78, 5) is 0. The van der Waals surface area contributed by atoms with Gasteiger partial charge >= 0.3 is 12.2 Å². The van der Waals surface area contributed by atoms with Gasteiger partial charge in [-0.1, -0.05) is 0 Å². The van der Waals surface area contributed by atoms with Crippen LogP contribution in [0.15, 0.2) is 11.9 Å². The van der Waals surface area contributed by atoms with E-state index in [9.17, 15) is 22.0 Å². The summed E-state index contributed by atoms with van der Waals surface area (Å²) in [5.41, 5.74) is 0. The zero-order valence-electron chi connectivity index (χ0n) is 4.80.